The molecule has 184 valence electrons. The number of benzene rings is 1. The van der Waals surface area contributed by atoms with E-state index in [0.29, 0.717) is 37.1 Å². The minimum Gasteiger partial charge on any atom is -0.486 e. The van der Waals surface area contributed by atoms with Gasteiger partial charge in [0.25, 0.3) is 0 Å². The van der Waals surface area contributed by atoms with E-state index in [1.165, 1.54) is 17.3 Å². The smallest absolute Gasteiger partial charge is 0.433 e. The van der Waals surface area contributed by atoms with Gasteiger partial charge in [-0.3, -0.25) is 4.98 Å². The van der Waals surface area contributed by atoms with Gasteiger partial charge in [-0.25, -0.2) is 4.98 Å². The largest absolute Gasteiger partial charge is 0.486 e. The molecule has 1 aromatic carbocycles. The fourth-order valence-electron chi connectivity index (χ4n) is 4.71. The predicted molar refractivity (Wildman–Crippen MR) is 128 cm³/mol. The van der Waals surface area contributed by atoms with Crippen molar-refractivity contribution in [3.63, 3.8) is 0 Å². The highest BCUT2D eigenvalue weighted by Crippen LogP contribution is 2.38. The molecule has 1 unspecified atom stereocenters. The van der Waals surface area contributed by atoms with Gasteiger partial charge in [0, 0.05) is 38.1 Å². The number of aryl methyl sites for hydroxylation is 1. The number of rotatable bonds is 4. The molecule has 5 rings (SSSR count). The fraction of sp³-hybridized carbons (Fsp3) is 0.400. The Hall–Kier alpha value is -3.56. The van der Waals surface area contributed by atoms with Crippen LogP contribution in [0.2, 0.25) is 0 Å². The number of ether oxygens (including phenoxy) is 1. The molecule has 10 heteroatoms. The first-order valence-electron chi connectivity index (χ1n) is 11.6. The van der Waals surface area contributed by atoms with E-state index in [1.807, 2.05) is 24.1 Å². The third-order valence-corrected chi connectivity index (χ3v) is 6.71. The van der Waals surface area contributed by atoms with Crippen molar-refractivity contribution >= 4 is 17.5 Å². The second-order valence-electron chi connectivity index (χ2n) is 8.98. The van der Waals surface area contributed by atoms with Gasteiger partial charge in [-0.2, -0.15) is 18.2 Å². The lowest BCUT2D eigenvalue weighted by atomic mass is 10.00. The maximum absolute atomic E-state index is 13.0. The third kappa shape index (κ3) is 4.82. The molecule has 7 nitrogen and oxygen atoms in total. The minimum atomic E-state index is -4.45. The van der Waals surface area contributed by atoms with Gasteiger partial charge in [-0.1, -0.05) is 24.3 Å². The van der Waals surface area contributed by atoms with Crippen LogP contribution in [-0.4, -0.2) is 47.7 Å². The average molecular weight is 485 g/mol. The Morgan fingerprint density at radius 2 is 1.86 bits per heavy atom. The Morgan fingerprint density at radius 1 is 1.09 bits per heavy atom. The summed E-state index contributed by atoms with van der Waals surface area (Å²) in [4.78, 5) is 16.7. The van der Waals surface area contributed by atoms with Gasteiger partial charge in [0.15, 0.2) is 11.6 Å². The van der Waals surface area contributed by atoms with Crippen LogP contribution in [0.5, 0.6) is 5.75 Å². The molecule has 3 aromatic rings. The van der Waals surface area contributed by atoms with Crippen LogP contribution in [0, 0.1) is 6.92 Å². The molecule has 0 aliphatic carbocycles. The summed E-state index contributed by atoms with van der Waals surface area (Å²) < 4.78 is 45.0. The molecule has 2 aliphatic heterocycles. The van der Waals surface area contributed by atoms with Gasteiger partial charge < -0.3 is 19.9 Å². The van der Waals surface area contributed by atoms with E-state index in [-0.39, 0.29) is 12.1 Å². The molecule has 4 heterocycles. The first-order valence-corrected chi connectivity index (χ1v) is 11.6. The highest BCUT2D eigenvalue weighted by molar-refractivity contribution is 5.58. The van der Waals surface area contributed by atoms with Crippen LogP contribution < -0.4 is 19.9 Å². The minimum absolute atomic E-state index is 0.0524. The van der Waals surface area contributed by atoms with Gasteiger partial charge in [0.1, 0.15) is 12.3 Å². The van der Waals surface area contributed by atoms with Crippen LogP contribution in [0.25, 0.3) is 0 Å². The molecule has 1 atom stereocenters. The summed E-state index contributed by atoms with van der Waals surface area (Å²) in [5.41, 5.74) is 2.07. The van der Waals surface area contributed by atoms with Crippen LogP contribution >= 0.6 is 0 Å². The Labute approximate surface area is 202 Å². The second-order valence-corrected chi connectivity index (χ2v) is 8.98. The molecule has 2 aromatic heterocycles. The second kappa shape index (κ2) is 9.24. The highest BCUT2D eigenvalue weighted by atomic mass is 19.4. The lowest BCUT2D eigenvalue weighted by Gasteiger charge is -2.36. The summed E-state index contributed by atoms with van der Waals surface area (Å²) in [6.45, 7) is 3.87. The molecule has 0 amide bonds. The van der Waals surface area contributed by atoms with Crippen molar-refractivity contribution in [1.29, 1.82) is 0 Å². The predicted octanol–water partition coefficient (Wildman–Crippen LogP) is 4.85. The van der Waals surface area contributed by atoms with E-state index in [0.717, 1.165) is 24.7 Å². The summed E-state index contributed by atoms with van der Waals surface area (Å²) in [5.74, 6) is 1.90. The summed E-state index contributed by atoms with van der Waals surface area (Å²) >= 11 is 0. The summed E-state index contributed by atoms with van der Waals surface area (Å²) in [7, 11) is 2.01. The van der Waals surface area contributed by atoms with Gasteiger partial charge in [0.05, 0.1) is 12.2 Å². The number of nitrogens with one attached hydrogen (secondary N) is 1. The van der Waals surface area contributed by atoms with Crippen molar-refractivity contribution in [2.24, 2.45) is 0 Å². The number of piperidine rings is 1. The third-order valence-electron chi connectivity index (χ3n) is 6.71. The zero-order valence-electron chi connectivity index (χ0n) is 19.6. The molecule has 0 bridgehead atoms. The van der Waals surface area contributed by atoms with E-state index in [1.54, 1.807) is 12.3 Å². The zero-order chi connectivity index (χ0) is 24.6. The van der Waals surface area contributed by atoms with Crippen molar-refractivity contribution in [3.05, 3.63) is 65.6 Å². The molecule has 1 fully saturated rings. The number of pyridine rings is 1. The van der Waals surface area contributed by atoms with E-state index in [4.69, 9.17) is 9.72 Å². The number of hydrogen-bond acceptors (Lipinski definition) is 7. The van der Waals surface area contributed by atoms with Gasteiger partial charge >= 0.3 is 6.18 Å². The number of halogens is 3. The maximum Gasteiger partial charge on any atom is 0.433 e. The number of aromatic nitrogens is 3. The molecule has 0 radical (unpaired) electrons. The Balaban J connectivity index is 1.25. The van der Waals surface area contributed by atoms with Crippen molar-refractivity contribution in [2.45, 2.75) is 38.0 Å². The molecule has 0 spiro atoms. The topological polar surface area (TPSA) is 66.4 Å². The van der Waals surface area contributed by atoms with Gasteiger partial charge in [-0.15, -0.1) is 0 Å². The zero-order valence-corrected chi connectivity index (χ0v) is 19.6. The standard InChI is InChI=1S/C25H27F3N6O/c1-16-5-3-4-6-19(16)20-15-35-21-14-30-24(32-23(21)33(20)2)31-17-8-11-34(12-9-17)18-7-10-29-22(13-18)25(26,27)28/h3-7,10,13-14,17,20H,8-9,11-12,15H2,1-2H3,(H,30,31,32). The van der Waals surface area contributed by atoms with Crippen molar-refractivity contribution in [3.8, 4) is 5.75 Å². The monoisotopic (exact) mass is 484 g/mol. The van der Waals surface area contributed by atoms with E-state index in [2.05, 4.69) is 39.2 Å². The molecular weight excluding hydrogens is 457 g/mol. The Kier molecular flexibility index (Phi) is 6.12. The molecule has 0 saturated carbocycles. The Morgan fingerprint density at radius 3 is 2.60 bits per heavy atom. The number of nitrogens with zero attached hydrogens (tertiary/aromatic N) is 5. The van der Waals surface area contributed by atoms with E-state index >= 15 is 0 Å². The molecular formula is C25H27F3N6O. The van der Waals surface area contributed by atoms with Crippen LogP contribution in [0.4, 0.5) is 30.6 Å². The first-order chi connectivity index (χ1) is 16.8. The van der Waals surface area contributed by atoms with Gasteiger partial charge in [-0.05, 0) is 43.0 Å². The van der Waals surface area contributed by atoms with E-state index < -0.39 is 11.9 Å². The van der Waals surface area contributed by atoms with Crippen molar-refractivity contribution in [2.75, 3.05) is 41.9 Å². The number of fused-ring (bicyclic) bond motifs is 1. The SMILES string of the molecule is Cc1ccccc1C1COc2cnc(NC3CCN(c4ccnc(C(F)(F)F)c4)CC3)nc2N1C. The Bertz CT molecular complexity index is 1200. The van der Waals surface area contributed by atoms with Gasteiger partial charge in [0.2, 0.25) is 5.95 Å². The fourth-order valence-corrected chi connectivity index (χ4v) is 4.71. The average Bonchev–Trinajstić information content (AvgIpc) is 2.85. The summed E-state index contributed by atoms with van der Waals surface area (Å²) in [5, 5.41) is 3.40. The van der Waals surface area contributed by atoms with Crippen molar-refractivity contribution in [1.82, 2.24) is 15.0 Å². The first kappa shape index (κ1) is 23.2. The highest BCUT2D eigenvalue weighted by Gasteiger charge is 2.33. The van der Waals surface area contributed by atoms with Crippen LogP contribution in [-0.2, 0) is 6.18 Å². The lowest BCUT2D eigenvalue weighted by molar-refractivity contribution is -0.141. The summed E-state index contributed by atoms with van der Waals surface area (Å²) in [6, 6.07) is 11.2. The quantitative estimate of drug-likeness (QED) is 0.568. The van der Waals surface area contributed by atoms with Crippen LogP contribution in [0.15, 0.2) is 48.8 Å². The van der Waals surface area contributed by atoms with Crippen LogP contribution in [0.3, 0.4) is 0 Å². The van der Waals surface area contributed by atoms with Crippen LogP contribution in [0.1, 0.15) is 35.7 Å². The normalized spacial score (nSPS) is 18.7. The molecule has 1 saturated heterocycles. The van der Waals surface area contributed by atoms with Crippen molar-refractivity contribution < 1.29 is 17.9 Å². The lowest BCUT2D eigenvalue weighted by Crippen LogP contribution is -2.40. The summed E-state index contributed by atoms with van der Waals surface area (Å²) in [6.07, 6.45) is -0.0361. The number of hydrogen-bond donors (Lipinski definition) is 1. The number of alkyl halides is 3. The number of likely N-dealkylation sites (N-methyl/N-ethyl adjacent to an activating group) is 1. The molecule has 35 heavy (non-hydrogen) atoms. The molecule has 1 N–H and O–H groups in total. The maximum atomic E-state index is 13.0. The van der Waals surface area contributed by atoms with E-state index in [9.17, 15) is 13.2 Å². The molecule has 2 aliphatic rings. The number of anilines is 3.